The van der Waals surface area contributed by atoms with Crippen LogP contribution < -0.4 is 4.74 Å². The molecule has 0 saturated carbocycles. The van der Waals surface area contributed by atoms with Crippen molar-refractivity contribution in [3.05, 3.63) is 46.2 Å². The van der Waals surface area contributed by atoms with E-state index >= 15 is 0 Å². The van der Waals surface area contributed by atoms with Crippen molar-refractivity contribution in [2.24, 2.45) is 0 Å². The molecular weight excluding hydrogens is 275 g/mol. The third-order valence-electron chi connectivity index (χ3n) is 2.38. The molecule has 0 atom stereocenters. The average Bonchev–Trinajstić information content (AvgIpc) is 2.74. The molecule has 94 valence electrons. The first-order valence-corrected chi connectivity index (χ1v) is 5.90. The highest BCUT2D eigenvalue weighted by atomic mass is 35.5. The zero-order valence-corrected chi connectivity index (χ0v) is 11.1. The van der Waals surface area contributed by atoms with Gasteiger partial charge in [-0.05, 0) is 18.2 Å². The van der Waals surface area contributed by atoms with E-state index in [1.807, 2.05) is 0 Å². The maximum Gasteiger partial charge on any atom is 0.184 e. The number of aromatic nitrogens is 2. The summed E-state index contributed by atoms with van der Waals surface area (Å²) in [4.78, 5) is 12.0. The van der Waals surface area contributed by atoms with E-state index in [1.165, 1.54) is 18.0 Å². The molecule has 0 aliphatic rings. The predicted molar refractivity (Wildman–Crippen MR) is 69.6 cm³/mol. The molecule has 1 heterocycles. The molecule has 6 heteroatoms. The molecule has 2 rings (SSSR count). The van der Waals surface area contributed by atoms with Crippen molar-refractivity contribution < 1.29 is 9.53 Å². The van der Waals surface area contributed by atoms with Gasteiger partial charge in [-0.15, -0.1) is 0 Å². The Morgan fingerprint density at radius 3 is 2.78 bits per heavy atom. The Kier molecular flexibility index (Phi) is 3.89. The number of ether oxygens (including phenoxy) is 1. The van der Waals surface area contributed by atoms with Gasteiger partial charge >= 0.3 is 0 Å². The maximum absolute atomic E-state index is 12.0. The van der Waals surface area contributed by atoms with Gasteiger partial charge in [0.05, 0.1) is 23.4 Å². The molecule has 0 amide bonds. The minimum Gasteiger partial charge on any atom is -0.495 e. The van der Waals surface area contributed by atoms with Gasteiger partial charge < -0.3 is 4.74 Å². The first-order chi connectivity index (χ1) is 8.60. The van der Waals surface area contributed by atoms with Crippen molar-refractivity contribution in [1.82, 2.24) is 9.78 Å². The van der Waals surface area contributed by atoms with Crippen LogP contribution >= 0.6 is 23.2 Å². The summed E-state index contributed by atoms with van der Waals surface area (Å²) in [7, 11) is 1.52. The second-order valence-corrected chi connectivity index (χ2v) is 4.47. The molecule has 18 heavy (non-hydrogen) atoms. The van der Waals surface area contributed by atoms with Crippen LogP contribution in [0, 0.1) is 0 Å². The van der Waals surface area contributed by atoms with Crippen molar-refractivity contribution in [2.75, 3.05) is 7.11 Å². The highest BCUT2D eigenvalue weighted by Gasteiger charge is 2.10. The lowest BCUT2D eigenvalue weighted by atomic mass is 10.1. The molecule has 2 aromatic rings. The first-order valence-electron chi connectivity index (χ1n) is 5.15. The van der Waals surface area contributed by atoms with E-state index in [0.29, 0.717) is 21.4 Å². The molecule has 0 aliphatic carbocycles. The molecule has 0 unspecified atom stereocenters. The maximum atomic E-state index is 12.0. The molecule has 0 saturated heterocycles. The average molecular weight is 285 g/mol. The van der Waals surface area contributed by atoms with Crippen LogP contribution in [0.25, 0.3) is 0 Å². The van der Waals surface area contributed by atoms with E-state index in [-0.39, 0.29) is 12.3 Å². The van der Waals surface area contributed by atoms with Gasteiger partial charge in [-0.2, -0.15) is 5.10 Å². The summed E-state index contributed by atoms with van der Waals surface area (Å²) >= 11 is 11.7. The highest BCUT2D eigenvalue weighted by molar-refractivity contribution is 6.32. The standard InChI is InChI=1S/C12H10Cl2N2O2/c1-18-12-3-2-8(4-10(12)14)11(17)7-16-6-9(13)5-15-16/h2-6H,7H2,1H3. The van der Waals surface area contributed by atoms with E-state index in [0.717, 1.165) is 0 Å². The zero-order valence-electron chi connectivity index (χ0n) is 9.56. The normalized spacial score (nSPS) is 10.4. The van der Waals surface area contributed by atoms with Gasteiger partial charge in [-0.1, -0.05) is 23.2 Å². The second kappa shape index (κ2) is 5.42. The number of hydrogen-bond donors (Lipinski definition) is 0. The van der Waals surface area contributed by atoms with E-state index in [4.69, 9.17) is 27.9 Å². The van der Waals surface area contributed by atoms with Gasteiger partial charge in [0.1, 0.15) is 12.3 Å². The smallest absolute Gasteiger partial charge is 0.184 e. The molecule has 0 spiro atoms. The van der Waals surface area contributed by atoms with E-state index in [1.54, 1.807) is 24.4 Å². The minimum atomic E-state index is -0.0979. The van der Waals surface area contributed by atoms with Crippen molar-refractivity contribution >= 4 is 29.0 Å². The van der Waals surface area contributed by atoms with Crippen LogP contribution in [0.2, 0.25) is 10.0 Å². The Morgan fingerprint density at radius 1 is 1.44 bits per heavy atom. The summed E-state index contributed by atoms with van der Waals surface area (Å²) < 4.78 is 6.50. The Morgan fingerprint density at radius 2 is 2.22 bits per heavy atom. The monoisotopic (exact) mass is 284 g/mol. The lowest BCUT2D eigenvalue weighted by molar-refractivity contribution is 0.0967. The number of ketones is 1. The number of halogens is 2. The van der Waals surface area contributed by atoms with E-state index in [9.17, 15) is 4.79 Å². The van der Waals surface area contributed by atoms with Crippen molar-refractivity contribution in [2.45, 2.75) is 6.54 Å². The highest BCUT2D eigenvalue weighted by Crippen LogP contribution is 2.25. The Hall–Kier alpha value is -1.52. The second-order valence-electron chi connectivity index (χ2n) is 3.63. The van der Waals surface area contributed by atoms with Gasteiger partial charge in [0, 0.05) is 11.8 Å². The lowest BCUT2D eigenvalue weighted by Crippen LogP contribution is -2.10. The molecule has 4 nitrogen and oxygen atoms in total. The summed E-state index contributed by atoms with van der Waals surface area (Å²) in [5, 5.41) is 4.84. The van der Waals surface area contributed by atoms with Crippen LogP contribution in [0.3, 0.4) is 0 Å². The third kappa shape index (κ3) is 2.83. The van der Waals surface area contributed by atoms with Gasteiger partial charge in [-0.25, -0.2) is 0 Å². The summed E-state index contributed by atoms with van der Waals surface area (Å²) in [6.45, 7) is 0.120. The molecule has 0 N–H and O–H groups in total. The fraction of sp³-hybridized carbons (Fsp3) is 0.167. The number of carbonyl (C=O) groups is 1. The number of Topliss-reactive ketones (excluding diaryl/α,β-unsaturated/α-hetero) is 1. The quantitative estimate of drug-likeness (QED) is 0.811. The first kappa shape index (κ1) is 12.9. The number of rotatable bonds is 4. The van der Waals surface area contributed by atoms with Gasteiger partial charge in [-0.3, -0.25) is 9.48 Å². The van der Waals surface area contributed by atoms with Crippen molar-refractivity contribution in [1.29, 1.82) is 0 Å². The summed E-state index contributed by atoms with van der Waals surface area (Å²) in [6, 6.07) is 4.90. The number of hydrogen-bond acceptors (Lipinski definition) is 3. The largest absolute Gasteiger partial charge is 0.495 e. The number of carbonyl (C=O) groups excluding carboxylic acids is 1. The SMILES string of the molecule is COc1ccc(C(=O)Cn2cc(Cl)cn2)cc1Cl. The number of nitrogens with zero attached hydrogens (tertiary/aromatic N) is 2. The fourth-order valence-corrected chi connectivity index (χ4v) is 1.92. The van der Waals surface area contributed by atoms with Crippen LogP contribution in [0.1, 0.15) is 10.4 Å². The van der Waals surface area contributed by atoms with Crippen LogP contribution in [0.5, 0.6) is 5.75 Å². The third-order valence-corrected chi connectivity index (χ3v) is 2.87. The molecular formula is C12H10Cl2N2O2. The lowest BCUT2D eigenvalue weighted by Gasteiger charge is -2.05. The van der Waals surface area contributed by atoms with Gasteiger partial charge in [0.2, 0.25) is 0 Å². The topological polar surface area (TPSA) is 44.1 Å². The van der Waals surface area contributed by atoms with Crippen molar-refractivity contribution in [3.63, 3.8) is 0 Å². The van der Waals surface area contributed by atoms with Crippen molar-refractivity contribution in [3.8, 4) is 5.75 Å². The summed E-state index contributed by atoms with van der Waals surface area (Å²) in [5.41, 5.74) is 0.507. The molecule has 0 radical (unpaired) electrons. The Bertz CT molecular complexity index is 581. The van der Waals surface area contributed by atoms with Crippen LogP contribution in [0.4, 0.5) is 0 Å². The molecule has 1 aromatic heterocycles. The Labute approximate surface area is 114 Å². The molecule has 0 aliphatic heterocycles. The van der Waals surface area contributed by atoms with Gasteiger partial charge in [0.15, 0.2) is 5.78 Å². The predicted octanol–water partition coefficient (Wildman–Crippen LogP) is 3.08. The zero-order chi connectivity index (χ0) is 13.1. The summed E-state index contributed by atoms with van der Waals surface area (Å²) in [5.74, 6) is 0.440. The number of benzene rings is 1. The van der Waals surface area contributed by atoms with Crippen LogP contribution in [-0.4, -0.2) is 22.7 Å². The van der Waals surface area contributed by atoms with Crippen LogP contribution in [-0.2, 0) is 6.54 Å². The number of methoxy groups -OCH3 is 1. The summed E-state index contributed by atoms with van der Waals surface area (Å²) in [6.07, 6.45) is 3.07. The Balaban J connectivity index is 2.16. The van der Waals surface area contributed by atoms with Gasteiger partial charge in [0.25, 0.3) is 0 Å². The fourth-order valence-electron chi connectivity index (χ4n) is 1.50. The molecule has 1 aromatic carbocycles. The van der Waals surface area contributed by atoms with E-state index in [2.05, 4.69) is 5.10 Å². The van der Waals surface area contributed by atoms with Crippen LogP contribution in [0.15, 0.2) is 30.6 Å². The van der Waals surface area contributed by atoms with E-state index < -0.39 is 0 Å². The minimum absolute atomic E-state index is 0.0979. The molecule has 0 fully saturated rings. The molecule has 0 bridgehead atoms.